The fourth-order valence-electron chi connectivity index (χ4n) is 3.12. The fraction of sp³-hybridized carbons (Fsp3) is 0.316. The minimum absolute atomic E-state index is 0.173. The molecule has 1 aromatic carbocycles. The van der Waals surface area contributed by atoms with Gasteiger partial charge in [-0.1, -0.05) is 12.1 Å². The van der Waals surface area contributed by atoms with Crippen molar-refractivity contribution in [3.05, 3.63) is 41.1 Å². The molecule has 3 rings (SSSR count). The number of carboxylic acid groups (broad SMARTS) is 1. The minimum atomic E-state index is -0.963. The quantitative estimate of drug-likeness (QED) is 0.788. The van der Waals surface area contributed by atoms with E-state index in [-0.39, 0.29) is 11.7 Å². The molecule has 1 aliphatic heterocycles. The molecule has 0 radical (unpaired) electrons. The van der Waals surface area contributed by atoms with Crippen LogP contribution in [0.2, 0.25) is 0 Å². The van der Waals surface area contributed by atoms with Gasteiger partial charge in [0.1, 0.15) is 23.2 Å². The van der Waals surface area contributed by atoms with Crippen molar-refractivity contribution in [1.82, 2.24) is 14.7 Å². The molecule has 1 atom stereocenters. The smallest absolute Gasteiger partial charge is 0.407 e. The second kappa shape index (κ2) is 7.71. The van der Waals surface area contributed by atoms with Gasteiger partial charge < -0.3 is 20.1 Å². The van der Waals surface area contributed by atoms with E-state index in [4.69, 9.17) is 11.2 Å². The number of nitriles is 1. The van der Waals surface area contributed by atoms with Crippen molar-refractivity contribution >= 4 is 11.9 Å². The van der Waals surface area contributed by atoms with Gasteiger partial charge in [-0.2, -0.15) is 10.4 Å². The molecule has 1 amide bonds. The molecule has 2 aromatic rings. The molecule has 0 bridgehead atoms. The summed E-state index contributed by atoms with van der Waals surface area (Å²) in [6.07, 6.45) is 5.15. The second-order valence-electron chi connectivity index (χ2n) is 6.15. The van der Waals surface area contributed by atoms with Gasteiger partial charge >= 0.3 is 6.09 Å². The van der Waals surface area contributed by atoms with Gasteiger partial charge in [-0.25, -0.2) is 9.48 Å². The van der Waals surface area contributed by atoms with Crippen molar-refractivity contribution in [2.75, 3.05) is 25.5 Å². The zero-order chi connectivity index (χ0) is 19.4. The van der Waals surface area contributed by atoms with E-state index in [1.165, 1.54) is 4.90 Å². The Morgan fingerprint density at radius 1 is 1.48 bits per heavy atom. The van der Waals surface area contributed by atoms with E-state index in [2.05, 4.69) is 22.4 Å². The molecule has 2 N–H and O–H groups in total. The predicted molar refractivity (Wildman–Crippen MR) is 98.4 cm³/mol. The molecule has 0 saturated carbocycles. The fourth-order valence-corrected chi connectivity index (χ4v) is 3.12. The highest BCUT2D eigenvalue weighted by Gasteiger charge is 2.31. The number of carbonyl (C=O) groups is 1. The lowest BCUT2D eigenvalue weighted by Gasteiger charge is -2.16. The molecular weight excluding hydrogens is 346 g/mol. The number of aromatic nitrogens is 2. The largest absolute Gasteiger partial charge is 0.497 e. The van der Waals surface area contributed by atoms with E-state index >= 15 is 0 Å². The molecule has 2 heterocycles. The Labute approximate surface area is 157 Å². The third-order valence-corrected chi connectivity index (χ3v) is 4.56. The summed E-state index contributed by atoms with van der Waals surface area (Å²) < 4.78 is 6.80. The van der Waals surface area contributed by atoms with Crippen LogP contribution in [0.15, 0.2) is 24.3 Å². The first-order valence-corrected chi connectivity index (χ1v) is 8.41. The van der Waals surface area contributed by atoms with Crippen molar-refractivity contribution in [2.45, 2.75) is 19.0 Å². The predicted octanol–water partition coefficient (Wildman–Crippen LogP) is 2.28. The van der Waals surface area contributed by atoms with Crippen molar-refractivity contribution in [2.24, 2.45) is 0 Å². The Balaban J connectivity index is 1.86. The first-order chi connectivity index (χ1) is 13.1. The van der Waals surface area contributed by atoms with E-state index in [9.17, 15) is 15.2 Å². The molecule has 0 spiro atoms. The maximum Gasteiger partial charge on any atom is 0.407 e. The first kappa shape index (κ1) is 18.2. The number of nitrogens with one attached hydrogen (secondary N) is 1. The number of nitrogens with zero attached hydrogens (tertiary/aromatic N) is 4. The highest BCUT2D eigenvalue weighted by molar-refractivity contribution is 5.65. The van der Waals surface area contributed by atoms with Crippen LogP contribution in [-0.4, -0.2) is 46.1 Å². The van der Waals surface area contributed by atoms with E-state index in [0.29, 0.717) is 37.4 Å². The van der Waals surface area contributed by atoms with Gasteiger partial charge in [-0.3, -0.25) is 0 Å². The van der Waals surface area contributed by atoms with Crippen molar-refractivity contribution in [1.29, 1.82) is 5.26 Å². The summed E-state index contributed by atoms with van der Waals surface area (Å²) in [7, 11) is 1.61. The standard InChI is InChI=1S/C19H19N5O3/c1-3-17-16(10-20)18(21-11-13-4-6-15(27-2)7-5-13)24(22-17)14-8-9-23(12-14)19(25)26/h1,4-7,14,21H,8-9,11-12H2,2H3,(H,25,26)/t14-/m0/s1. The van der Waals surface area contributed by atoms with E-state index < -0.39 is 6.09 Å². The number of rotatable bonds is 5. The number of hydrogen-bond donors (Lipinski definition) is 2. The number of hydrogen-bond acceptors (Lipinski definition) is 5. The Morgan fingerprint density at radius 3 is 2.78 bits per heavy atom. The van der Waals surface area contributed by atoms with Gasteiger partial charge in [-0.05, 0) is 30.0 Å². The van der Waals surface area contributed by atoms with Crippen LogP contribution in [0.3, 0.4) is 0 Å². The molecule has 27 heavy (non-hydrogen) atoms. The van der Waals surface area contributed by atoms with Gasteiger partial charge in [0.2, 0.25) is 0 Å². The minimum Gasteiger partial charge on any atom is -0.497 e. The van der Waals surface area contributed by atoms with Crippen LogP contribution in [0.25, 0.3) is 0 Å². The number of benzene rings is 1. The highest BCUT2D eigenvalue weighted by Crippen LogP contribution is 2.29. The number of amides is 1. The van der Waals surface area contributed by atoms with Crippen LogP contribution in [0, 0.1) is 23.7 Å². The molecule has 8 heteroatoms. The lowest BCUT2D eigenvalue weighted by Crippen LogP contribution is -2.27. The third-order valence-electron chi connectivity index (χ3n) is 4.56. The van der Waals surface area contributed by atoms with Gasteiger partial charge in [0.15, 0.2) is 5.69 Å². The number of methoxy groups -OCH3 is 1. The summed E-state index contributed by atoms with van der Waals surface area (Å²) in [6.45, 7) is 1.19. The summed E-state index contributed by atoms with van der Waals surface area (Å²) in [5, 5.41) is 26.3. The van der Waals surface area contributed by atoms with Gasteiger partial charge in [0.25, 0.3) is 0 Å². The van der Waals surface area contributed by atoms with Crippen molar-refractivity contribution < 1.29 is 14.6 Å². The molecule has 1 aromatic heterocycles. The number of terminal acetylenes is 1. The molecule has 0 aliphatic carbocycles. The van der Waals surface area contributed by atoms with Crippen LogP contribution in [0.5, 0.6) is 5.75 Å². The molecule has 0 unspecified atom stereocenters. The van der Waals surface area contributed by atoms with Crippen molar-refractivity contribution in [3.63, 3.8) is 0 Å². The molecule has 8 nitrogen and oxygen atoms in total. The maximum atomic E-state index is 11.2. The van der Waals surface area contributed by atoms with Gasteiger partial charge in [0.05, 0.1) is 13.2 Å². The Kier molecular flexibility index (Phi) is 5.18. The van der Waals surface area contributed by atoms with E-state index in [0.717, 1.165) is 11.3 Å². The Bertz CT molecular complexity index is 921. The van der Waals surface area contributed by atoms with Crippen LogP contribution < -0.4 is 10.1 Å². The Morgan fingerprint density at radius 2 is 2.22 bits per heavy atom. The second-order valence-corrected chi connectivity index (χ2v) is 6.15. The summed E-state index contributed by atoms with van der Waals surface area (Å²) in [4.78, 5) is 12.5. The zero-order valence-electron chi connectivity index (χ0n) is 14.8. The number of likely N-dealkylation sites (tertiary alicyclic amines) is 1. The molecule has 1 aliphatic rings. The number of anilines is 1. The summed E-state index contributed by atoms with van der Waals surface area (Å²) in [6, 6.07) is 9.49. The summed E-state index contributed by atoms with van der Waals surface area (Å²) in [5.41, 5.74) is 1.54. The normalized spacial score (nSPS) is 15.8. The lowest BCUT2D eigenvalue weighted by atomic mass is 10.2. The Hall–Kier alpha value is -3.65. The topological polar surface area (TPSA) is 103 Å². The van der Waals surface area contributed by atoms with E-state index in [1.54, 1.807) is 11.8 Å². The maximum absolute atomic E-state index is 11.2. The molecular formula is C19H19N5O3. The molecule has 1 saturated heterocycles. The number of ether oxygens (including phenoxy) is 1. The van der Waals surface area contributed by atoms with Crippen LogP contribution in [0.1, 0.15) is 29.3 Å². The first-order valence-electron chi connectivity index (χ1n) is 8.41. The lowest BCUT2D eigenvalue weighted by molar-refractivity contribution is 0.154. The average molecular weight is 365 g/mol. The van der Waals surface area contributed by atoms with E-state index in [1.807, 2.05) is 24.3 Å². The summed E-state index contributed by atoms with van der Waals surface area (Å²) in [5.74, 6) is 3.71. The molecule has 1 fully saturated rings. The van der Waals surface area contributed by atoms with Crippen LogP contribution in [-0.2, 0) is 6.54 Å². The van der Waals surface area contributed by atoms with Gasteiger partial charge in [0, 0.05) is 19.6 Å². The monoisotopic (exact) mass is 365 g/mol. The van der Waals surface area contributed by atoms with Crippen LogP contribution in [0.4, 0.5) is 10.6 Å². The third kappa shape index (κ3) is 3.65. The van der Waals surface area contributed by atoms with Gasteiger partial charge in [-0.15, -0.1) is 6.42 Å². The SMILES string of the molecule is C#Cc1nn([C@H]2CCN(C(=O)O)C2)c(NCc2ccc(OC)cc2)c1C#N. The summed E-state index contributed by atoms with van der Waals surface area (Å²) >= 11 is 0. The highest BCUT2D eigenvalue weighted by atomic mass is 16.5. The van der Waals surface area contributed by atoms with Crippen molar-refractivity contribution in [3.8, 4) is 24.2 Å². The molecule has 138 valence electrons. The average Bonchev–Trinajstić information content (AvgIpc) is 3.31. The zero-order valence-corrected chi connectivity index (χ0v) is 14.8. The van der Waals surface area contributed by atoms with Crippen LogP contribution >= 0.6 is 0 Å².